The number of nitrogens with two attached hydrogens (primary N) is 1. The summed E-state index contributed by atoms with van der Waals surface area (Å²) >= 11 is 0. The molecule has 0 saturated heterocycles. The standard InChI is InChI=1S/C30H32F5N3O4.C23H27F3N2O4.C19H28N2O4.C17H23NO4.C11H22N2O2/c31-29(32)41-23-11-9-22(10-12-23)36-15-16-37-27(39)24(17-19-5-2-1-3-6-19)38-28(40)26-14-13-25(42-26)20-7-4-8-21(18-20)30(33,34)35;24-23(25,26)17-8-4-7-16(14-17)19-9-10-20(32-19)22(31)28-18(21(30)27-11-12-29)13-15-5-2-1-3-6-15;22-12-11-20-18(23)17(13-15-7-3-1-4-8-15)21-19(24)25-14-16-9-5-2-6-10-16;19-16(20)15(11-13-7-3-1-4-8-13)18-17(21)22-12-14-9-5-2-6-10-14;12-10(11(15)13-6-7-14)8-9-4-2-1-3-5-9/h4,7-14,18-19,24,29,36H,1-3,5-6,15-17H2,(H,37,39)(H,38,40);4,7-10,14-15,18,29H,1-3,5-6,11-13H2,(H,27,30)(H,28,31);2,5-6,9-10,15,17,22H,1,3-4,7-8,11-14H2,(H,20,23)(H,21,24);2,5-6,9-10,13,15H,1,3-4,7-8,11-12H2,(H,18,21)(H,19,20);9-10,14H,1-8,12H2,(H,13,15)/t24-;18-;17-;15-;10-/m00000/s1. The number of nitrogens with one attached hydrogen (secondary N) is 9. The maximum atomic E-state index is 13.1. The van der Waals surface area contributed by atoms with E-state index in [9.17, 15) is 83.4 Å². The van der Waals surface area contributed by atoms with Crippen LogP contribution in [0.4, 0.5) is 50.4 Å². The summed E-state index contributed by atoms with van der Waals surface area (Å²) in [5, 5.41) is 60.0. The van der Waals surface area contributed by atoms with E-state index < -0.39 is 90.3 Å². The van der Waals surface area contributed by atoms with E-state index in [0.717, 1.165) is 145 Å². The predicted molar refractivity (Wildman–Crippen MR) is 494 cm³/mol. The Bertz CT molecular complexity index is 4710. The van der Waals surface area contributed by atoms with Crippen molar-refractivity contribution < 1.29 is 122 Å². The van der Waals surface area contributed by atoms with Crippen molar-refractivity contribution >= 4 is 59.3 Å². The smallest absolute Gasteiger partial charge is 0.416 e. The van der Waals surface area contributed by atoms with Crippen LogP contribution in [-0.2, 0) is 59.0 Å². The summed E-state index contributed by atoms with van der Waals surface area (Å²) < 4.78 is 129. The molecular weight excluding hydrogens is 1780 g/mol. The number of halogens is 8. The van der Waals surface area contributed by atoms with Crippen molar-refractivity contribution in [2.45, 2.75) is 255 Å². The van der Waals surface area contributed by atoms with Gasteiger partial charge in [0, 0.05) is 49.5 Å². The molecule has 0 aliphatic heterocycles. The van der Waals surface area contributed by atoms with E-state index in [2.05, 4.69) is 52.6 Å². The van der Waals surface area contributed by atoms with Gasteiger partial charge in [0.25, 0.3) is 11.8 Å². The Kier molecular flexibility index (Phi) is 47.9. The van der Waals surface area contributed by atoms with Crippen LogP contribution in [0, 0.1) is 29.6 Å². The highest BCUT2D eigenvalue weighted by molar-refractivity contribution is 5.97. The quantitative estimate of drug-likeness (QED) is 0.0126. The number of amides is 8. The van der Waals surface area contributed by atoms with Crippen molar-refractivity contribution in [2.75, 3.05) is 57.9 Å². The summed E-state index contributed by atoms with van der Waals surface area (Å²) in [5.74, 6) is -1.38. The number of aliphatic hydroxyl groups excluding tert-OH is 3. The lowest BCUT2D eigenvalue weighted by Gasteiger charge is -2.26. The first-order valence-electron chi connectivity index (χ1n) is 47.2. The van der Waals surface area contributed by atoms with Crippen molar-refractivity contribution in [3.8, 4) is 28.4 Å². The van der Waals surface area contributed by atoms with Crippen molar-refractivity contribution in [1.82, 2.24) is 42.5 Å². The number of carboxylic acid groups (broad SMARTS) is 1. The Morgan fingerprint density at radius 1 is 0.382 bits per heavy atom. The van der Waals surface area contributed by atoms with Crippen molar-refractivity contribution in [2.24, 2.45) is 35.3 Å². The molecule has 136 heavy (non-hydrogen) atoms. The zero-order chi connectivity index (χ0) is 98.0. The van der Waals surface area contributed by atoms with E-state index in [-0.39, 0.29) is 122 Å². The third-order valence-electron chi connectivity index (χ3n) is 24.4. The summed E-state index contributed by atoms with van der Waals surface area (Å²) in [7, 11) is 0. The number of aliphatic hydroxyl groups is 3. The van der Waals surface area contributed by atoms with Gasteiger partial charge in [0.1, 0.15) is 54.7 Å². The Hall–Kier alpha value is -11.6. The Morgan fingerprint density at radius 3 is 1.07 bits per heavy atom. The highest BCUT2D eigenvalue weighted by atomic mass is 19.4. The van der Waals surface area contributed by atoms with Gasteiger partial charge in [-0.3, -0.25) is 28.8 Å². The van der Waals surface area contributed by atoms with Crippen molar-refractivity contribution in [3.05, 3.63) is 191 Å². The van der Waals surface area contributed by atoms with Crippen molar-refractivity contribution in [1.29, 1.82) is 0 Å². The molecule has 0 radical (unpaired) electrons. The van der Waals surface area contributed by atoms with Crippen LogP contribution in [0.5, 0.6) is 5.75 Å². The minimum absolute atomic E-state index is 0.0259. The molecule has 5 aliphatic rings. The van der Waals surface area contributed by atoms with Crippen LogP contribution in [0.3, 0.4) is 0 Å². The van der Waals surface area contributed by atoms with Crippen LogP contribution < -0.4 is 58.3 Å². The van der Waals surface area contributed by atoms with Gasteiger partial charge in [-0.2, -0.15) is 35.1 Å². The SMILES string of the molecule is N[C@@H](CC1CCCCC1)C(=O)NCCO.O=C(N[C@@H](CC1CCCCC1)C(=O)NCCNc1ccc(OC(F)F)cc1)c1ccc(-c2cccc(C(F)(F)F)c2)o1.O=C(N[C@@H](CC1CCCCC1)C(=O)NCCO)OCc1ccccc1.O=C(N[C@@H](CC1CCCCC1)C(=O)NCCO)c1ccc(-c2cccc(C(F)(F)F)c2)o1.O=C(N[C@@H](CC1CCCCC1)C(=O)O)OCc1ccccc1. The second-order valence-corrected chi connectivity index (χ2v) is 34.9. The van der Waals surface area contributed by atoms with Gasteiger partial charge in [-0.1, -0.05) is 245 Å². The predicted octanol–water partition coefficient (Wildman–Crippen LogP) is 17.1. The fourth-order valence-electron chi connectivity index (χ4n) is 17.2. The number of hydrogen-bond acceptors (Lipinski definition) is 19. The Labute approximate surface area is 788 Å². The van der Waals surface area contributed by atoms with E-state index in [4.69, 9.17) is 39.4 Å². The second kappa shape index (κ2) is 59.4. The van der Waals surface area contributed by atoms with Crippen molar-refractivity contribution in [3.63, 3.8) is 0 Å². The van der Waals surface area contributed by atoms with E-state index in [1.807, 2.05) is 60.7 Å². The van der Waals surface area contributed by atoms with Crippen LogP contribution in [0.15, 0.2) is 167 Å². The molecule has 5 aliphatic carbocycles. The largest absolute Gasteiger partial charge is 0.480 e. The van der Waals surface area contributed by atoms with Gasteiger partial charge in [0.15, 0.2) is 11.5 Å². The molecule has 0 bridgehead atoms. The first kappa shape index (κ1) is 110. The number of furan rings is 2. The molecule has 5 fully saturated rings. The summed E-state index contributed by atoms with van der Waals surface area (Å²) in [6.07, 6.45) is 20.6. The minimum Gasteiger partial charge on any atom is -0.480 e. The molecule has 5 atom stereocenters. The lowest BCUT2D eigenvalue weighted by atomic mass is 9.84. The summed E-state index contributed by atoms with van der Waals surface area (Å²) in [6, 6.07) is 35.9. The van der Waals surface area contributed by atoms with Crippen LogP contribution in [-0.4, -0.2) is 163 Å². The molecule has 0 spiro atoms. The molecule has 7 aromatic rings. The molecule has 8 amide bonds. The van der Waals surface area contributed by atoms with Crippen LogP contribution >= 0.6 is 0 Å². The molecule has 12 rings (SSSR count). The normalized spacial score (nSPS) is 16.2. The monoisotopic (exact) mass is 1910 g/mol. The van der Waals surface area contributed by atoms with E-state index in [1.54, 1.807) is 12.1 Å². The highest BCUT2D eigenvalue weighted by Gasteiger charge is 2.36. The zero-order valence-electron chi connectivity index (χ0n) is 76.8. The molecule has 0 unspecified atom stereocenters. The maximum Gasteiger partial charge on any atom is 0.416 e. The van der Waals surface area contributed by atoms with Gasteiger partial charge in [-0.15, -0.1) is 0 Å². The fraction of sp³-hybridized carbons (Fsp3) is 0.530. The number of aliphatic carboxylic acids is 1. The molecule has 15 N–H and O–H groups in total. The molecular formula is C100H132F8N10O18. The summed E-state index contributed by atoms with van der Waals surface area (Å²) in [5.41, 5.74) is 6.92. The number of hydrogen-bond donors (Lipinski definition) is 14. The van der Waals surface area contributed by atoms with Crippen LogP contribution in [0.1, 0.15) is 236 Å². The van der Waals surface area contributed by atoms with Gasteiger partial charge >= 0.3 is 37.1 Å². The molecule has 746 valence electrons. The third-order valence-corrected chi connectivity index (χ3v) is 24.4. The molecule has 28 nitrogen and oxygen atoms in total. The number of carbonyl (C=O) groups excluding carboxylic acids is 8. The number of carboxylic acids is 1. The summed E-state index contributed by atoms with van der Waals surface area (Å²) in [6.45, 7) is -1.84. The second-order valence-electron chi connectivity index (χ2n) is 34.9. The van der Waals surface area contributed by atoms with Gasteiger partial charge < -0.3 is 97.1 Å². The van der Waals surface area contributed by atoms with Gasteiger partial charge in [0.05, 0.1) is 37.0 Å². The maximum absolute atomic E-state index is 13.1. The number of carbonyl (C=O) groups is 9. The number of alkyl halides is 8. The molecule has 2 aromatic heterocycles. The zero-order valence-corrected chi connectivity index (χ0v) is 76.8. The van der Waals surface area contributed by atoms with Crippen LogP contribution in [0.2, 0.25) is 0 Å². The average Bonchev–Trinajstić information content (AvgIpc) is 1.62. The van der Waals surface area contributed by atoms with E-state index in [0.29, 0.717) is 68.1 Å². The first-order valence-corrected chi connectivity index (χ1v) is 47.2. The molecule has 5 aromatic carbocycles. The van der Waals surface area contributed by atoms with Gasteiger partial charge in [-0.05, 0) is 146 Å². The van der Waals surface area contributed by atoms with E-state index >= 15 is 0 Å². The number of ether oxygens (including phenoxy) is 3. The summed E-state index contributed by atoms with van der Waals surface area (Å²) in [4.78, 5) is 110. The Balaban J connectivity index is 0.000000217. The Morgan fingerprint density at radius 2 is 0.721 bits per heavy atom. The topological polar surface area (TPSA) is 423 Å². The third kappa shape index (κ3) is 41.1. The first-order chi connectivity index (χ1) is 65.4. The number of rotatable bonds is 39. The van der Waals surface area contributed by atoms with Crippen LogP contribution in [0.25, 0.3) is 22.6 Å². The fourth-order valence-corrected chi connectivity index (χ4v) is 17.2. The minimum atomic E-state index is -4.52. The van der Waals surface area contributed by atoms with E-state index in [1.165, 1.54) is 118 Å². The molecule has 2 heterocycles. The number of anilines is 1. The lowest BCUT2D eigenvalue weighted by Crippen LogP contribution is -2.48. The number of alkyl carbamates (subject to hydrolysis) is 2. The molecule has 36 heteroatoms. The van der Waals surface area contributed by atoms with Gasteiger partial charge in [0.2, 0.25) is 23.6 Å². The highest BCUT2D eigenvalue weighted by Crippen LogP contribution is 2.37. The number of benzene rings is 5. The average molecular weight is 1910 g/mol. The lowest BCUT2D eigenvalue weighted by molar-refractivity contribution is -0.140. The molecule has 5 saturated carbocycles. The van der Waals surface area contributed by atoms with Gasteiger partial charge in [-0.25, -0.2) is 14.4 Å².